The molecule has 3 rings (SSSR count). The van der Waals surface area contributed by atoms with Gasteiger partial charge in [0, 0.05) is 0 Å². The summed E-state index contributed by atoms with van der Waals surface area (Å²) in [6, 6.07) is 8.18. The molecule has 2 aromatic rings. The lowest BCUT2D eigenvalue weighted by Gasteiger charge is -2.34. The zero-order valence-electron chi connectivity index (χ0n) is 13.4. The van der Waals surface area contributed by atoms with Gasteiger partial charge in [-0.2, -0.15) is 13.2 Å². The molecule has 0 bridgehead atoms. The van der Waals surface area contributed by atoms with Crippen molar-refractivity contribution in [3.63, 3.8) is 0 Å². The Kier molecular flexibility index (Phi) is 4.73. The molecule has 0 aromatic heterocycles. The summed E-state index contributed by atoms with van der Waals surface area (Å²) in [6.07, 6.45) is -6.12. The van der Waals surface area contributed by atoms with E-state index in [0.29, 0.717) is 6.07 Å². The maximum atomic E-state index is 13.1. The van der Waals surface area contributed by atoms with Gasteiger partial charge in [0.2, 0.25) is 0 Å². The van der Waals surface area contributed by atoms with Crippen LogP contribution in [-0.2, 0) is 21.0 Å². The van der Waals surface area contributed by atoms with Gasteiger partial charge in [-0.05, 0) is 30.3 Å². The van der Waals surface area contributed by atoms with Gasteiger partial charge in [0.05, 0.1) is 27.7 Å². The summed E-state index contributed by atoms with van der Waals surface area (Å²) >= 11 is 5.55. The number of rotatable bonds is 3. The number of hydrogen-bond acceptors (Lipinski definition) is 4. The standard InChI is InChI=1S/C16H12ClF3N2O4S/c17-11-6-5-9(7-10(11)16(18,19)20)27(24,25)22-8-14(15(21)23)26-13-4-2-1-3-12(13)22/h1-7,14H,8H2,(H2,21,23)/t14-/m1/s1. The van der Waals surface area contributed by atoms with Crippen molar-refractivity contribution < 1.29 is 31.1 Å². The zero-order chi connectivity index (χ0) is 20.0. The fourth-order valence-corrected chi connectivity index (χ4v) is 4.31. The van der Waals surface area contributed by atoms with E-state index in [4.69, 9.17) is 22.1 Å². The highest BCUT2D eigenvalue weighted by molar-refractivity contribution is 7.92. The molecular formula is C16H12ClF3N2O4S. The largest absolute Gasteiger partial charge is 0.476 e. The van der Waals surface area contributed by atoms with Gasteiger partial charge < -0.3 is 10.5 Å². The van der Waals surface area contributed by atoms with Crippen molar-refractivity contribution in [1.29, 1.82) is 0 Å². The first kappa shape index (κ1) is 19.3. The third kappa shape index (κ3) is 3.54. The molecule has 1 aliphatic heterocycles. The Morgan fingerprint density at radius 3 is 2.52 bits per heavy atom. The van der Waals surface area contributed by atoms with E-state index >= 15 is 0 Å². The van der Waals surface area contributed by atoms with Crippen LogP contribution in [0, 0.1) is 0 Å². The minimum atomic E-state index is -4.83. The van der Waals surface area contributed by atoms with Crippen molar-refractivity contribution in [3.05, 3.63) is 53.1 Å². The highest BCUT2D eigenvalue weighted by Crippen LogP contribution is 2.39. The minimum Gasteiger partial charge on any atom is -0.476 e. The predicted molar refractivity (Wildman–Crippen MR) is 91.0 cm³/mol. The topological polar surface area (TPSA) is 89.7 Å². The summed E-state index contributed by atoms with van der Waals surface area (Å²) in [5.74, 6) is -0.835. The van der Waals surface area contributed by atoms with Gasteiger partial charge in [-0.15, -0.1) is 0 Å². The molecule has 0 saturated carbocycles. The van der Waals surface area contributed by atoms with Crippen LogP contribution < -0.4 is 14.8 Å². The van der Waals surface area contributed by atoms with Crippen LogP contribution in [0.1, 0.15) is 5.56 Å². The number of nitrogens with two attached hydrogens (primary N) is 1. The number of benzene rings is 2. The first-order chi connectivity index (χ1) is 12.5. The van der Waals surface area contributed by atoms with E-state index in [1.54, 1.807) is 6.07 Å². The fraction of sp³-hybridized carbons (Fsp3) is 0.188. The quantitative estimate of drug-likeness (QED) is 0.826. The van der Waals surface area contributed by atoms with E-state index in [2.05, 4.69) is 0 Å². The number of carbonyl (C=O) groups excluding carboxylic acids is 1. The highest BCUT2D eigenvalue weighted by Gasteiger charge is 2.39. The van der Waals surface area contributed by atoms with Crippen molar-refractivity contribution in [1.82, 2.24) is 0 Å². The van der Waals surface area contributed by atoms with Crippen LogP contribution in [-0.4, -0.2) is 27.0 Å². The lowest BCUT2D eigenvalue weighted by Crippen LogP contribution is -2.49. The molecule has 1 heterocycles. The van der Waals surface area contributed by atoms with Crippen LogP contribution in [0.4, 0.5) is 18.9 Å². The number of sulfonamides is 1. The van der Waals surface area contributed by atoms with E-state index < -0.39 is 50.2 Å². The smallest absolute Gasteiger partial charge is 0.417 e. The number of ether oxygens (including phenoxy) is 1. The van der Waals surface area contributed by atoms with E-state index in [1.165, 1.54) is 18.2 Å². The highest BCUT2D eigenvalue weighted by atomic mass is 35.5. The van der Waals surface area contributed by atoms with Gasteiger partial charge >= 0.3 is 6.18 Å². The number of amides is 1. The average Bonchev–Trinajstić information content (AvgIpc) is 2.59. The Bertz CT molecular complexity index is 1010. The summed E-state index contributed by atoms with van der Waals surface area (Å²) in [5, 5.41) is -0.626. The van der Waals surface area contributed by atoms with Gasteiger partial charge in [-0.3, -0.25) is 9.10 Å². The zero-order valence-corrected chi connectivity index (χ0v) is 15.0. The van der Waals surface area contributed by atoms with Crippen LogP contribution in [0.25, 0.3) is 0 Å². The van der Waals surface area contributed by atoms with Gasteiger partial charge in [-0.25, -0.2) is 8.42 Å². The molecule has 0 radical (unpaired) electrons. The molecule has 1 aliphatic rings. The minimum absolute atomic E-state index is 0.0705. The lowest BCUT2D eigenvalue weighted by atomic mass is 10.2. The number of fused-ring (bicyclic) bond motifs is 1. The first-order valence-electron chi connectivity index (χ1n) is 7.46. The van der Waals surface area contributed by atoms with E-state index in [1.807, 2.05) is 0 Å². The molecule has 2 aromatic carbocycles. The maximum Gasteiger partial charge on any atom is 0.417 e. The number of halogens is 4. The summed E-state index contributed by atoms with van der Waals surface area (Å²) in [5.41, 5.74) is 4.02. The molecule has 0 aliphatic carbocycles. The SMILES string of the molecule is NC(=O)[C@H]1CN(S(=O)(=O)c2ccc(Cl)c(C(F)(F)F)c2)c2ccccc2O1. The normalized spacial score (nSPS) is 17.2. The van der Waals surface area contributed by atoms with Crippen molar-refractivity contribution >= 4 is 33.2 Å². The van der Waals surface area contributed by atoms with Crippen molar-refractivity contribution in [2.75, 3.05) is 10.8 Å². The van der Waals surface area contributed by atoms with Crippen molar-refractivity contribution in [2.45, 2.75) is 17.2 Å². The van der Waals surface area contributed by atoms with E-state index in [-0.39, 0.29) is 11.4 Å². The second-order valence-electron chi connectivity index (χ2n) is 5.65. The predicted octanol–water partition coefficient (Wildman–Crippen LogP) is 2.80. The second kappa shape index (κ2) is 6.61. The third-order valence-electron chi connectivity index (χ3n) is 3.88. The lowest BCUT2D eigenvalue weighted by molar-refractivity contribution is -0.137. The number of alkyl halides is 3. The van der Waals surface area contributed by atoms with Crippen LogP contribution in [0.3, 0.4) is 0 Å². The molecule has 144 valence electrons. The summed E-state index contributed by atoms with van der Waals surface area (Å²) in [6.45, 7) is -0.474. The molecule has 0 unspecified atom stereocenters. The number of nitrogens with zero attached hydrogens (tertiary/aromatic N) is 1. The van der Waals surface area contributed by atoms with Crippen LogP contribution in [0.5, 0.6) is 5.75 Å². The van der Waals surface area contributed by atoms with Gasteiger partial charge in [0.1, 0.15) is 5.75 Å². The molecule has 6 nitrogen and oxygen atoms in total. The molecule has 0 spiro atoms. The molecule has 11 heteroatoms. The molecule has 0 saturated heterocycles. The number of primary amides is 1. The number of para-hydroxylation sites is 2. The first-order valence-corrected chi connectivity index (χ1v) is 9.28. The Morgan fingerprint density at radius 2 is 1.89 bits per heavy atom. The monoisotopic (exact) mass is 420 g/mol. The third-order valence-corrected chi connectivity index (χ3v) is 5.99. The van der Waals surface area contributed by atoms with Crippen LogP contribution in [0.15, 0.2) is 47.4 Å². The summed E-state index contributed by atoms with van der Waals surface area (Å²) < 4.78 is 71.5. The van der Waals surface area contributed by atoms with Crippen LogP contribution in [0.2, 0.25) is 5.02 Å². The van der Waals surface area contributed by atoms with Crippen LogP contribution >= 0.6 is 11.6 Å². The Morgan fingerprint density at radius 1 is 1.22 bits per heavy atom. The summed E-state index contributed by atoms with van der Waals surface area (Å²) in [7, 11) is -4.45. The molecular weight excluding hydrogens is 409 g/mol. The molecule has 1 atom stereocenters. The molecule has 2 N–H and O–H groups in total. The van der Waals surface area contributed by atoms with Crippen molar-refractivity contribution in [3.8, 4) is 5.75 Å². The number of anilines is 1. The Labute approximate surface area is 157 Å². The number of carbonyl (C=O) groups is 1. The average molecular weight is 421 g/mol. The maximum absolute atomic E-state index is 13.1. The molecule has 1 amide bonds. The molecule has 0 fully saturated rings. The second-order valence-corrected chi connectivity index (χ2v) is 7.92. The summed E-state index contributed by atoms with van der Waals surface area (Å²) in [4.78, 5) is 10.9. The van der Waals surface area contributed by atoms with Gasteiger partial charge in [0.15, 0.2) is 6.10 Å². The fourth-order valence-electron chi connectivity index (χ4n) is 2.59. The number of hydrogen-bond donors (Lipinski definition) is 1. The van der Waals surface area contributed by atoms with E-state index in [9.17, 15) is 26.4 Å². The van der Waals surface area contributed by atoms with Gasteiger partial charge in [-0.1, -0.05) is 23.7 Å². The molecule has 27 heavy (non-hydrogen) atoms. The Balaban J connectivity index is 2.13. The Hall–Kier alpha value is -2.46. The van der Waals surface area contributed by atoms with Gasteiger partial charge in [0.25, 0.3) is 15.9 Å². The van der Waals surface area contributed by atoms with Crippen molar-refractivity contribution in [2.24, 2.45) is 5.73 Å². The van der Waals surface area contributed by atoms with E-state index in [0.717, 1.165) is 16.4 Å².